The van der Waals surface area contributed by atoms with Crippen LogP contribution >= 0.6 is 0 Å². The maximum atomic E-state index is 5.92. The van der Waals surface area contributed by atoms with Gasteiger partial charge in [-0.05, 0) is 19.3 Å². The largest absolute Gasteiger partial charge is 0.376 e. The summed E-state index contributed by atoms with van der Waals surface area (Å²) >= 11 is 0. The third-order valence-corrected chi connectivity index (χ3v) is 2.81. The van der Waals surface area contributed by atoms with E-state index in [0.29, 0.717) is 12.2 Å². The molecule has 0 spiro atoms. The van der Waals surface area contributed by atoms with Crippen molar-refractivity contribution in [2.75, 3.05) is 19.8 Å². The van der Waals surface area contributed by atoms with E-state index in [4.69, 9.17) is 9.47 Å². The fraction of sp³-hybridized carbons (Fsp3) is 1.00. The minimum absolute atomic E-state index is 0.368. The molecule has 0 radical (unpaired) electrons. The van der Waals surface area contributed by atoms with Gasteiger partial charge in [0.15, 0.2) is 0 Å². The zero-order valence-corrected chi connectivity index (χ0v) is 9.00. The molecule has 1 heterocycles. The SMILES string of the molecule is CCCC(CNC1CC1)OC1COC1. The van der Waals surface area contributed by atoms with Gasteiger partial charge in [-0.1, -0.05) is 13.3 Å². The van der Waals surface area contributed by atoms with E-state index < -0.39 is 0 Å². The first kappa shape index (κ1) is 10.4. The van der Waals surface area contributed by atoms with Gasteiger partial charge in [0.2, 0.25) is 0 Å². The van der Waals surface area contributed by atoms with E-state index in [2.05, 4.69) is 12.2 Å². The number of nitrogens with one attached hydrogen (secondary N) is 1. The monoisotopic (exact) mass is 199 g/mol. The van der Waals surface area contributed by atoms with Crippen LogP contribution in [0.25, 0.3) is 0 Å². The van der Waals surface area contributed by atoms with Crippen LogP contribution in [0.1, 0.15) is 32.6 Å². The Labute approximate surface area is 86.2 Å². The van der Waals surface area contributed by atoms with Crippen LogP contribution in [-0.2, 0) is 9.47 Å². The Morgan fingerprint density at radius 1 is 1.43 bits per heavy atom. The Balaban J connectivity index is 1.62. The fourth-order valence-corrected chi connectivity index (χ4v) is 1.69. The van der Waals surface area contributed by atoms with E-state index in [-0.39, 0.29) is 0 Å². The number of rotatable bonds is 7. The van der Waals surface area contributed by atoms with Crippen LogP contribution in [-0.4, -0.2) is 38.0 Å². The second-order valence-electron chi connectivity index (χ2n) is 4.39. The second-order valence-corrected chi connectivity index (χ2v) is 4.39. The third kappa shape index (κ3) is 3.23. The highest BCUT2D eigenvalue weighted by Crippen LogP contribution is 2.19. The summed E-state index contributed by atoms with van der Waals surface area (Å²) in [5, 5.41) is 3.53. The average molecular weight is 199 g/mol. The Morgan fingerprint density at radius 2 is 2.21 bits per heavy atom. The normalized spacial score (nSPS) is 24.6. The van der Waals surface area contributed by atoms with E-state index in [1.165, 1.54) is 19.3 Å². The molecule has 0 amide bonds. The fourth-order valence-electron chi connectivity index (χ4n) is 1.69. The predicted molar refractivity (Wildman–Crippen MR) is 55.4 cm³/mol. The highest BCUT2D eigenvalue weighted by Gasteiger charge is 2.25. The lowest BCUT2D eigenvalue weighted by Crippen LogP contribution is -2.42. The lowest BCUT2D eigenvalue weighted by atomic mass is 10.2. The summed E-state index contributed by atoms with van der Waals surface area (Å²) < 4.78 is 11.0. The summed E-state index contributed by atoms with van der Waals surface area (Å²) in [6.07, 6.45) is 5.83. The standard InChI is InChI=1S/C11H21NO2/c1-2-3-10(6-12-9-4-5-9)14-11-7-13-8-11/h9-12H,2-8H2,1H3. The van der Waals surface area contributed by atoms with Crippen molar-refractivity contribution in [2.24, 2.45) is 0 Å². The second kappa shape index (κ2) is 5.10. The molecular formula is C11H21NO2. The number of hydrogen-bond donors (Lipinski definition) is 1. The van der Waals surface area contributed by atoms with Gasteiger partial charge in [0.25, 0.3) is 0 Å². The van der Waals surface area contributed by atoms with Crippen LogP contribution in [0.5, 0.6) is 0 Å². The molecule has 14 heavy (non-hydrogen) atoms. The Hall–Kier alpha value is -0.120. The van der Waals surface area contributed by atoms with Gasteiger partial charge in [-0.25, -0.2) is 0 Å². The molecule has 1 aliphatic heterocycles. The van der Waals surface area contributed by atoms with Crippen molar-refractivity contribution in [2.45, 2.75) is 50.9 Å². The summed E-state index contributed by atoms with van der Waals surface area (Å²) in [6.45, 7) is 4.83. The van der Waals surface area contributed by atoms with Crippen molar-refractivity contribution >= 4 is 0 Å². The molecule has 2 rings (SSSR count). The van der Waals surface area contributed by atoms with Gasteiger partial charge in [-0.2, -0.15) is 0 Å². The molecule has 0 aromatic rings. The van der Waals surface area contributed by atoms with Crippen molar-refractivity contribution in [1.29, 1.82) is 0 Å². The molecule has 2 fully saturated rings. The van der Waals surface area contributed by atoms with Crippen molar-refractivity contribution in [3.63, 3.8) is 0 Å². The van der Waals surface area contributed by atoms with E-state index in [0.717, 1.165) is 32.2 Å². The zero-order valence-electron chi connectivity index (χ0n) is 9.00. The molecule has 1 unspecified atom stereocenters. The minimum Gasteiger partial charge on any atom is -0.376 e. The van der Waals surface area contributed by atoms with Gasteiger partial charge in [0, 0.05) is 12.6 Å². The van der Waals surface area contributed by atoms with E-state index in [1.54, 1.807) is 0 Å². The number of ether oxygens (including phenoxy) is 2. The molecular weight excluding hydrogens is 178 g/mol. The summed E-state index contributed by atoms with van der Waals surface area (Å²) in [6, 6.07) is 0.788. The molecule has 0 aromatic carbocycles. The van der Waals surface area contributed by atoms with Crippen LogP contribution < -0.4 is 5.32 Å². The maximum Gasteiger partial charge on any atom is 0.105 e. The molecule has 0 bridgehead atoms. The van der Waals surface area contributed by atoms with Crippen LogP contribution in [0, 0.1) is 0 Å². The first-order valence-corrected chi connectivity index (χ1v) is 5.85. The third-order valence-electron chi connectivity index (χ3n) is 2.81. The topological polar surface area (TPSA) is 30.5 Å². The molecule has 1 atom stereocenters. The molecule has 82 valence electrons. The van der Waals surface area contributed by atoms with Gasteiger partial charge in [-0.3, -0.25) is 0 Å². The van der Waals surface area contributed by atoms with Crippen molar-refractivity contribution in [3.05, 3.63) is 0 Å². The molecule has 1 saturated carbocycles. The lowest BCUT2D eigenvalue weighted by molar-refractivity contribution is -0.154. The molecule has 3 nitrogen and oxygen atoms in total. The van der Waals surface area contributed by atoms with Gasteiger partial charge < -0.3 is 14.8 Å². The lowest BCUT2D eigenvalue weighted by Gasteiger charge is -2.30. The first-order valence-electron chi connectivity index (χ1n) is 5.85. The summed E-state index contributed by atoms with van der Waals surface area (Å²) in [5.74, 6) is 0. The van der Waals surface area contributed by atoms with Crippen molar-refractivity contribution in [3.8, 4) is 0 Å². The Bertz CT molecular complexity index is 167. The van der Waals surface area contributed by atoms with Gasteiger partial charge >= 0.3 is 0 Å². The summed E-state index contributed by atoms with van der Waals surface area (Å²) in [5.41, 5.74) is 0. The Morgan fingerprint density at radius 3 is 2.71 bits per heavy atom. The quantitative estimate of drug-likeness (QED) is 0.671. The maximum absolute atomic E-state index is 5.92. The van der Waals surface area contributed by atoms with Crippen LogP contribution in [0.15, 0.2) is 0 Å². The van der Waals surface area contributed by atoms with Crippen LogP contribution in [0.3, 0.4) is 0 Å². The smallest absolute Gasteiger partial charge is 0.105 e. The highest BCUT2D eigenvalue weighted by molar-refractivity contribution is 4.82. The van der Waals surface area contributed by atoms with Crippen molar-refractivity contribution in [1.82, 2.24) is 5.32 Å². The summed E-state index contributed by atoms with van der Waals surface area (Å²) in [4.78, 5) is 0. The van der Waals surface area contributed by atoms with Gasteiger partial charge in [-0.15, -0.1) is 0 Å². The summed E-state index contributed by atoms with van der Waals surface area (Å²) in [7, 11) is 0. The average Bonchev–Trinajstić information content (AvgIpc) is 2.90. The van der Waals surface area contributed by atoms with Gasteiger partial charge in [0.05, 0.1) is 19.3 Å². The molecule has 0 aromatic heterocycles. The Kier molecular flexibility index (Phi) is 3.79. The zero-order chi connectivity index (χ0) is 9.80. The number of hydrogen-bond acceptors (Lipinski definition) is 3. The van der Waals surface area contributed by atoms with Crippen LogP contribution in [0.2, 0.25) is 0 Å². The van der Waals surface area contributed by atoms with Crippen LogP contribution in [0.4, 0.5) is 0 Å². The molecule has 3 heteroatoms. The first-order chi connectivity index (χ1) is 6.88. The molecule has 1 saturated heterocycles. The molecule has 1 aliphatic carbocycles. The van der Waals surface area contributed by atoms with Gasteiger partial charge in [0.1, 0.15) is 6.10 Å². The minimum atomic E-state index is 0.368. The van der Waals surface area contributed by atoms with Crippen molar-refractivity contribution < 1.29 is 9.47 Å². The molecule has 1 N–H and O–H groups in total. The molecule has 2 aliphatic rings. The van der Waals surface area contributed by atoms with E-state index in [1.807, 2.05) is 0 Å². The van der Waals surface area contributed by atoms with E-state index in [9.17, 15) is 0 Å². The van der Waals surface area contributed by atoms with E-state index >= 15 is 0 Å². The highest BCUT2D eigenvalue weighted by atomic mass is 16.6. The predicted octanol–water partition coefficient (Wildman–Crippen LogP) is 1.32.